The van der Waals surface area contributed by atoms with Crippen LogP contribution < -0.4 is 15.2 Å². The molecule has 0 bridgehead atoms. The quantitative estimate of drug-likeness (QED) is 0.856. The Hall–Kier alpha value is -1.22. The molecule has 0 spiro atoms. The van der Waals surface area contributed by atoms with Crippen LogP contribution in [0.4, 0.5) is 0 Å². The van der Waals surface area contributed by atoms with Crippen LogP contribution in [0, 0.1) is 5.41 Å². The van der Waals surface area contributed by atoms with Crippen LogP contribution in [-0.2, 0) is 0 Å². The Morgan fingerprint density at radius 1 is 1.18 bits per heavy atom. The summed E-state index contributed by atoms with van der Waals surface area (Å²) in [4.78, 5) is 0. The minimum atomic E-state index is 0.151. The van der Waals surface area contributed by atoms with Gasteiger partial charge in [-0.2, -0.15) is 0 Å². The van der Waals surface area contributed by atoms with E-state index in [0.717, 1.165) is 11.5 Å². The number of ether oxygens (including phenoxy) is 2. The van der Waals surface area contributed by atoms with E-state index in [0.29, 0.717) is 25.7 Å². The molecule has 0 amide bonds. The van der Waals surface area contributed by atoms with Crippen molar-refractivity contribution in [2.45, 2.75) is 26.7 Å². The minimum absolute atomic E-state index is 0.151. The van der Waals surface area contributed by atoms with Gasteiger partial charge in [-0.15, -0.1) is 0 Å². The third kappa shape index (κ3) is 2.55. The largest absolute Gasteiger partial charge is 0.486 e. The zero-order valence-electron chi connectivity index (χ0n) is 10.8. The SMILES string of the molecule is CC(C)(C)C(CN)c1ccc2c(c1)OCCO2. The number of rotatable bonds is 2. The van der Waals surface area contributed by atoms with Crippen molar-refractivity contribution in [1.29, 1.82) is 0 Å². The van der Waals surface area contributed by atoms with Gasteiger partial charge in [0.25, 0.3) is 0 Å². The van der Waals surface area contributed by atoms with E-state index in [2.05, 4.69) is 32.9 Å². The first-order chi connectivity index (χ1) is 8.02. The van der Waals surface area contributed by atoms with Gasteiger partial charge in [-0.05, 0) is 29.7 Å². The van der Waals surface area contributed by atoms with Crippen molar-refractivity contribution >= 4 is 0 Å². The molecule has 3 heteroatoms. The standard InChI is InChI=1S/C14H21NO2/c1-14(2,3)11(9-15)10-4-5-12-13(8-10)17-7-6-16-12/h4-5,8,11H,6-7,9,15H2,1-3H3. The van der Waals surface area contributed by atoms with E-state index in [1.165, 1.54) is 5.56 Å². The van der Waals surface area contributed by atoms with E-state index in [9.17, 15) is 0 Å². The molecule has 3 nitrogen and oxygen atoms in total. The Morgan fingerprint density at radius 2 is 1.82 bits per heavy atom. The van der Waals surface area contributed by atoms with Crippen molar-refractivity contribution in [3.05, 3.63) is 23.8 Å². The number of hydrogen-bond acceptors (Lipinski definition) is 3. The van der Waals surface area contributed by atoms with Gasteiger partial charge in [-0.1, -0.05) is 26.8 Å². The van der Waals surface area contributed by atoms with Gasteiger partial charge in [0.05, 0.1) is 0 Å². The Bertz CT molecular complexity index is 396. The topological polar surface area (TPSA) is 44.5 Å². The van der Waals surface area contributed by atoms with E-state index < -0.39 is 0 Å². The maximum absolute atomic E-state index is 5.89. The third-order valence-electron chi connectivity index (χ3n) is 3.25. The average molecular weight is 235 g/mol. The molecule has 1 aromatic rings. The highest BCUT2D eigenvalue weighted by atomic mass is 16.6. The average Bonchev–Trinajstić information content (AvgIpc) is 2.28. The molecule has 1 aliphatic rings. The molecule has 0 saturated carbocycles. The van der Waals surface area contributed by atoms with Gasteiger partial charge in [0.1, 0.15) is 13.2 Å². The Balaban J connectivity index is 2.32. The lowest BCUT2D eigenvalue weighted by Gasteiger charge is -2.31. The number of fused-ring (bicyclic) bond motifs is 1. The summed E-state index contributed by atoms with van der Waals surface area (Å²) in [5, 5.41) is 0. The van der Waals surface area contributed by atoms with Crippen LogP contribution in [-0.4, -0.2) is 19.8 Å². The summed E-state index contributed by atoms with van der Waals surface area (Å²) >= 11 is 0. The fourth-order valence-corrected chi connectivity index (χ4v) is 2.27. The predicted molar refractivity (Wildman–Crippen MR) is 68.7 cm³/mol. The molecule has 1 unspecified atom stereocenters. The Labute approximate surface area is 103 Å². The van der Waals surface area contributed by atoms with Crippen molar-refractivity contribution in [1.82, 2.24) is 0 Å². The van der Waals surface area contributed by atoms with E-state index in [-0.39, 0.29) is 5.41 Å². The lowest BCUT2D eigenvalue weighted by Crippen LogP contribution is -2.26. The van der Waals surface area contributed by atoms with Gasteiger partial charge in [-0.25, -0.2) is 0 Å². The summed E-state index contributed by atoms with van der Waals surface area (Å²) in [5.41, 5.74) is 7.27. The van der Waals surface area contributed by atoms with E-state index >= 15 is 0 Å². The maximum Gasteiger partial charge on any atom is 0.161 e. The molecular weight excluding hydrogens is 214 g/mol. The van der Waals surface area contributed by atoms with Gasteiger partial charge in [0.2, 0.25) is 0 Å². The van der Waals surface area contributed by atoms with Crippen LogP contribution in [0.1, 0.15) is 32.3 Å². The van der Waals surface area contributed by atoms with Crippen LogP contribution in [0.3, 0.4) is 0 Å². The zero-order chi connectivity index (χ0) is 12.5. The lowest BCUT2D eigenvalue weighted by molar-refractivity contribution is 0.171. The first kappa shape index (κ1) is 12.2. The van der Waals surface area contributed by atoms with Crippen molar-refractivity contribution in [2.75, 3.05) is 19.8 Å². The smallest absolute Gasteiger partial charge is 0.161 e. The van der Waals surface area contributed by atoms with Crippen molar-refractivity contribution in [3.63, 3.8) is 0 Å². The van der Waals surface area contributed by atoms with Gasteiger partial charge >= 0.3 is 0 Å². The van der Waals surface area contributed by atoms with Gasteiger partial charge < -0.3 is 15.2 Å². The second-order valence-electron chi connectivity index (χ2n) is 5.56. The second-order valence-corrected chi connectivity index (χ2v) is 5.56. The van der Waals surface area contributed by atoms with Gasteiger partial charge in [0.15, 0.2) is 11.5 Å². The molecule has 1 atom stereocenters. The molecule has 0 fully saturated rings. The van der Waals surface area contributed by atoms with Crippen molar-refractivity contribution in [2.24, 2.45) is 11.1 Å². The first-order valence-electron chi connectivity index (χ1n) is 6.12. The predicted octanol–water partition coefficient (Wildman–Crippen LogP) is 2.55. The number of hydrogen-bond donors (Lipinski definition) is 1. The van der Waals surface area contributed by atoms with Crippen molar-refractivity contribution < 1.29 is 9.47 Å². The molecule has 1 aliphatic heterocycles. The molecule has 0 aliphatic carbocycles. The molecule has 94 valence electrons. The molecule has 0 radical (unpaired) electrons. The summed E-state index contributed by atoms with van der Waals surface area (Å²) in [5.74, 6) is 2.01. The number of nitrogens with two attached hydrogens (primary N) is 1. The molecule has 0 aromatic heterocycles. The molecule has 0 saturated heterocycles. The molecule has 2 rings (SSSR count). The summed E-state index contributed by atoms with van der Waals surface area (Å²) in [6, 6.07) is 6.14. The highest BCUT2D eigenvalue weighted by Crippen LogP contribution is 2.39. The maximum atomic E-state index is 5.89. The Morgan fingerprint density at radius 3 is 2.41 bits per heavy atom. The second kappa shape index (κ2) is 4.57. The van der Waals surface area contributed by atoms with Crippen LogP contribution >= 0.6 is 0 Å². The fourth-order valence-electron chi connectivity index (χ4n) is 2.27. The molecular formula is C14H21NO2. The van der Waals surface area contributed by atoms with E-state index in [1.807, 2.05) is 6.07 Å². The van der Waals surface area contributed by atoms with Crippen LogP contribution in [0.15, 0.2) is 18.2 Å². The first-order valence-corrected chi connectivity index (χ1v) is 6.12. The normalized spacial score (nSPS) is 16.7. The van der Waals surface area contributed by atoms with E-state index in [4.69, 9.17) is 15.2 Å². The van der Waals surface area contributed by atoms with Crippen molar-refractivity contribution in [3.8, 4) is 11.5 Å². The van der Waals surface area contributed by atoms with Gasteiger partial charge in [-0.3, -0.25) is 0 Å². The van der Waals surface area contributed by atoms with Crippen LogP contribution in [0.25, 0.3) is 0 Å². The minimum Gasteiger partial charge on any atom is -0.486 e. The lowest BCUT2D eigenvalue weighted by atomic mass is 9.76. The number of benzene rings is 1. The summed E-state index contributed by atoms with van der Waals surface area (Å²) in [7, 11) is 0. The van der Waals surface area contributed by atoms with Gasteiger partial charge in [0, 0.05) is 5.92 Å². The van der Waals surface area contributed by atoms with Crippen LogP contribution in [0.5, 0.6) is 11.5 Å². The zero-order valence-corrected chi connectivity index (χ0v) is 10.8. The highest BCUT2D eigenvalue weighted by Gasteiger charge is 2.26. The summed E-state index contributed by atoms with van der Waals surface area (Å²) in [6.45, 7) is 8.53. The fraction of sp³-hybridized carbons (Fsp3) is 0.571. The molecule has 17 heavy (non-hydrogen) atoms. The highest BCUT2D eigenvalue weighted by molar-refractivity contribution is 5.45. The van der Waals surface area contributed by atoms with Crippen LogP contribution in [0.2, 0.25) is 0 Å². The third-order valence-corrected chi connectivity index (χ3v) is 3.25. The summed E-state index contributed by atoms with van der Waals surface area (Å²) < 4.78 is 11.1. The molecule has 1 aromatic carbocycles. The van der Waals surface area contributed by atoms with E-state index in [1.54, 1.807) is 0 Å². The molecule has 2 N–H and O–H groups in total. The monoisotopic (exact) mass is 235 g/mol. The summed E-state index contributed by atoms with van der Waals surface area (Å²) in [6.07, 6.45) is 0. The molecule has 1 heterocycles. The Kier molecular flexibility index (Phi) is 3.29.